The highest BCUT2D eigenvalue weighted by molar-refractivity contribution is 5.59. The third kappa shape index (κ3) is 3.64. The van der Waals surface area contributed by atoms with Gasteiger partial charge < -0.3 is 13.7 Å². The van der Waals surface area contributed by atoms with E-state index in [-0.39, 0.29) is 0 Å². The van der Waals surface area contributed by atoms with E-state index in [0.29, 0.717) is 18.4 Å². The Morgan fingerprint density at radius 3 is 2.33 bits per heavy atom. The van der Waals surface area contributed by atoms with Crippen molar-refractivity contribution in [1.82, 2.24) is 15.4 Å². The molecule has 0 spiro atoms. The van der Waals surface area contributed by atoms with Gasteiger partial charge >= 0.3 is 0 Å². The molecule has 2 aromatic heterocycles. The smallest absolute Gasteiger partial charge is 0.247 e. The summed E-state index contributed by atoms with van der Waals surface area (Å²) in [6.45, 7) is 8.37. The zero-order valence-electron chi connectivity index (χ0n) is 14.4. The summed E-state index contributed by atoms with van der Waals surface area (Å²) in [4.78, 5) is 0. The van der Waals surface area contributed by atoms with Gasteiger partial charge in [0.25, 0.3) is 0 Å². The van der Waals surface area contributed by atoms with Crippen molar-refractivity contribution in [3.05, 3.63) is 46.7 Å². The lowest BCUT2D eigenvalue weighted by Gasteiger charge is -2.13. The largest absolute Gasteiger partial charge is 0.493 e. The second kappa shape index (κ2) is 6.86. The van der Waals surface area contributed by atoms with E-state index in [0.717, 1.165) is 46.7 Å². The molecule has 0 amide bonds. The summed E-state index contributed by atoms with van der Waals surface area (Å²) >= 11 is 0. The predicted molar refractivity (Wildman–Crippen MR) is 89.0 cm³/mol. The molecule has 0 fully saturated rings. The van der Waals surface area contributed by atoms with Crippen molar-refractivity contribution in [2.75, 3.05) is 6.61 Å². The molecule has 0 atom stereocenters. The fourth-order valence-corrected chi connectivity index (χ4v) is 2.67. The maximum absolute atomic E-state index is 5.96. The van der Waals surface area contributed by atoms with Gasteiger partial charge in [-0.15, -0.1) is 10.2 Å². The van der Waals surface area contributed by atoms with Gasteiger partial charge in [0.2, 0.25) is 11.8 Å². The predicted octanol–water partition coefficient (Wildman–Crippen LogP) is 3.97. The van der Waals surface area contributed by atoms with Gasteiger partial charge in [0.15, 0.2) is 0 Å². The van der Waals surface area contributed by atoms with E-state index in [4.69, 9.17) is 13.7 Å². The van der Waals surface area contributed by atoms with Crippen LogP contribution < -0.4 is 4.74 Å². The molecule has 0 bridgehead atoms. The minimum Gasteiger partial charge on any atom is -0.493 e. The van der Waals surface area contributed by atoms with Crippen molar-refractivity contribution < 1.29 is 13.7 Å². The average molecular weight is 327 g/mol. The van der Waals surface area contributed by atoms with E-state index in [1.165, 1.54) is 0 Å². The van der Waals surface area contributed by atoms with E-state index < -0.39 is 0 Å². The van der Waals surface area contributed by atoms with E-state index in [9.17, 15) is 0 Å². The van der Waals surface area contributed by atoms with Crippen LogP contribution in [0.4, 0.5) is 0 Å². The lowest BCUT2D eigenvalue weighted by Crippen LogP contribution is -2.02. The number of aryl methyl sites for hydroxylation is 5. The standard InChI is InChI=1S/C18H21N3O3/c1-11-8-15(18-20-19-14(4)23-18)9-12(2)17(11)22-7-5-6-16-10-13(3)21-24-16/h8-10H,5-7H2,1-4H3. The minimum absolute atomic E-state index is 0.533. The van der Waals surface area contributed by atoms with Crippen LogP contribution in [0.1, 0.15) is 34.9 Å². The summed E-state index contributed by atoms with van der Waals surface area (Å²) in [5.74, 6) is 2.89. The van der Waals surface area contributed by atoms with E-state index in [1.54, 1.807) is 6.92 Å². The summed E-state index contributed by atoms with van der Waals surface area (Å²) in [5.41, 5.74) is 3.92. The van der Waals surface area contributed by atoms with Gasteiger partial charge in [-0.05, 0) is 50.5 Å². The molecule has 3 rings (SSSR count). The van der Waals surface area contributed by atoms with Crippen LogP contribution in [0.3, 0.4) is 0 Å². The Kier molecular flexibility index (Phi) is 4.64. The second-order valence-electron chi connectivity index (χ2n) is 5.95. The van der Waals surface area contributed by atoms with Gasteiger partial charge in [-0.3, -0.25) is 0 Å². The van der Waals surface area contributed by atoms with Gasteiger partial charge in [-0.2, -0.15) is 0 Å². The third-order valence-electron chi connectivity index (χ3n) is 3.72. The zero-order valence-corrected chi connectivity index (χ0v) is 14.4. The highest BCUT2D eigenvalue weighted by atomic mass is 16.5. The Hall–Kier alpha value is -2.63. The lowest BCUT2D eigenvalue weighted by atomic mass is 10.1. The fraction of sp³-hybridized carbons (Fsp3) is 0.389. The van der Waals surface area contributed by atoms with Crippen LogP contribution in [-0.4, -0.2) is 22.0 Å². The van der Waals surface area contributed by atoms with Crippen LogP contribution in [0, 0.1) is 27.7 Å². The number of aromatic nitrogens is 3. The zero-order chi connectivity index (χ0) is 17.1. The number of ether oxygens (including phenoxy) is 1. The molecule has 3 aromatic rings. The molecule has 0 aliphatic rings. The maximum Gasteiger partial charge on any atom is 0.247 e. The summed E-state index contributed by atoms with van der Waals surface area (Å²) < 4.78 is 16.7. The molecule has 0 saturated heterocycles. The van der Waals surface area contributed by atoms with Crippen molar-refractivity contribution >= 4 is 0 Å². The summed E-state index contributed by atoms with van der Waals surface area (Å²) in [6.07, 6.45) is 1.69. The fourth-order valence-electron chi connectivity index (χ4n) is 2.67. The molecule has 0 aliphatic carbocycles. The number of rotatable bonds is 6. The van der Waals surface area contributed by atoms with Crippen LogP contribution in [0.15, 0.2) is 27.1 Å². The topological polar surface area (TPSA) is 74.2 Å². The highest BCUT2D eigenvalue weighted by Gasteiger charge is 2.12. The Morgan fingerprint density at radius 2 is 1.75 bits per heavy atom. The molecule has 0 N–H and O–H groups in total. The molecule has 6 heteroatoms. The molecule has 24 heavy (non-hydrogen) atoms. The number of benzene rings is 1. The Morgan fingerprint density at radius 1 is 1.00 bits per heavy atom. The van der Waals surface area contributed by atoms with Crippen LogP contribution in [0.5, 0.6) is 5.75 Å². The molecule has 0 radical (unpaired) electrons. The van der Waals surface area contributed by atoms with Gasteiger partial charge in [-0.25, -0.2) is 0 Å². The molecule has 1 aromatic carbocycles. The van der Waals surface area contributed by atoms with Crippen LogP contribution in [0.25, 0.3) is 11.5 Å². The molecular formula is C18H21N3O3. The summed E-state index contributed by atoms with van der Waals surface area (Å²) in [5, 5.41) is 11.8. The first kappa shape index (κ1) is 16.2. The Labute approximate surface area is 140 Å². The van der Waals surface area contributed by atoms with Gasteiger partial charge in [0.1, 0.15) is 11.5 Å². The minimum atomic E-state index is 0.533. The van der Waals surface area contributed by atoms with Crippen molar-refractivity contribution in [3.8, 4) is 17.2 Å². The molecule has 2 heterocycles. The first-order valence-corrected chi connectivity index (χ1v) is 7.99. The SMILES string of the molecule is Cc1cc(CCCOc2c(C)cc(-c3nnc(C)o3)cc2C)on1. The molecule has 126 valence electrons. The molecular weight excluding hydrogens is 306 g/mol. The Balaban J connectivity index is 1.63. The van der Waals surface area contributed by atoms with Crippen LogP contribution in [0.2, 0.25) is 0 Å². The van der Waals surface area contributed by atoms with Gasteiger partial charge in [-0.1, -0.05) is 5.16 Å². The second-order valence-corrected chi connectivity index (χ2v) is 5.95. The van der Waals surface area contributed by atoms with Gasteiger partial charge in [0, 0.05) is 25.0 Å². The number of hydrogen-bond donors (Lipinski definition) is 0. The molecule has 6 nitrogen and oxygen atoms in total. The van der Waals surface area contributed by atoms with Crippen molar-refractivity contribution in [1.29, 1.82) is 0 Å². The summed E-state index contributed by atoms with van der Waals surface area (Å²) in [6, 6.07) is 5.97. The molecule has 0 unspecified atom stereocenters. The van der Waals surface area contributed by atoms with Crippen LogP contribution >= 0.6 is 0 Å². The van der Waals surface area contributed by atoms with Crippen molar-refractivity contribution in [3.63, 3.8) is 0 Å². The Bertz CT molecular complexity index is 813. The molecule has 0 saturated carbocycles. The monoisotopic (exact) mass is 327 g/mol. The molecule has 0 aliphatic heterocycles. The van der Waals surface area contributed by atoms with Crippen LogP contribution in [-0.2, 0) is 6.42 Å². The van der Waals surface area contributed by atoms with E-state index >= 15 is 0 Å². The quantitative estimate of drug-likeness (QED) is 0.638. The number of hydrogen-bond acceptors (Lipinski definition) is 6. The first-order valence-electron chi connectivity index (χ1n) is 7.99. The average Bonchev–Trinajstić information content (AvgIpc) is 3.14. The lowest BCUT2D eigenvalue weighted by molar-refractivity contribution is 0.296. The van der Waals surface area contributed by atoms with Crippen molar-refractivity contribution in [2.24, 2.45) is 0 Å². The maximum atomic E-state index is 5.96. The first-order chi connectivity index (χ1) is 11.5. The summed E-state index contributed by atoms with van der Waals surface area (Å²) in [7, 11) is 0. The normalized spacial score (nSPS) is 11.0. The van der Waals surface area contributed by atoms with Crippen molar-refractivity contribution in [2.45, 2.75) is 40.5 Å². The number of nitrogens with zero attached hydrogens (tertiary/aromatic N) is 3. The third-order valence-corrected chi connectivity index (χ3v) is 3.72. The van der Waals surface area contributed by atoms with Gasteiger partial charge in [0.05, 0.1) is 12.3 Å². The van der Waals surface area contributed by atoms with E-state index in [2.05, 4.69) is 15.4 Å². The highest BCUT2D eigenvalue weighted by Crippen LogP contribution is 2.29. The van der Waals surface area contributed by atoms with E-state index in [1.807, 2.05) is 39.0 Å².